The Morgan fingerprint density at radius 3 is 2.60 bits per heavy atom. The van der Waals surface area contributed by atoms with Crippen LogP contribution in [-0.2, 0) is 0 Å². The van der Waals surface area contributed by atoms with Crippen LogP contribution in [0.15, 0.2) is 30.3 Å². The molecule has 2 aromatic rings. The van der Waals surface area contributed by atoms with Crippen LogP contribution in [0.4, 0.5) is 0 Å². The Morgan fingerprint density at radius 1 is 1.20 bits per heavy atom. The highest BCUT2D eigenvalue weighted by Gasteiger charge is 2.02. The molecule has 0 atom stereocenters. The summed E-state index contributed by atoms with van der Waals surface area (Å²) >= 11 is 0. The Morgan fingerprint density at radius 2 is 1.93 bits per heavy atom. The van der Waals surface area contributed by atoms with Crippen LogP contribution >= 0.6 is 0 Å². The second-order valence-corrected chi connectivity index (χ2v) is 3.96. The first-order chi connectivity index (χ1) is 7.20. The predicted octanol–water partition coefficient (Wildman–Crippen LogP) is 3.17. The molecule has 1 aromatic heterocycles. The van der Waals surface area contributed by atoms with Crippen molar-refractivity contribution in [2.45, 2.75) is 19.8 Å². The van der Waals surface area contributed by atoms with E-state index in [-0.39, 0.29) is 0 Å². The molecule has 15 heavy (non-hydrogen) atoms. The first-order valence-corrected chi connectivity index (χ1v) is 5.06. The molecule has 1 heterocycles. The molecule has 0 aliphatic heterocycles. The van der Waals surface area contributed by atoms with Crippen LogP contribution < -0.4 is 0 Å². The summed E-state index contributed by atoms with van der Waals surface area (Å²) < 4.78 is 0. The summed E-state index contributed by atoms with van der Waals surface area (Å²) in [7, 11) is 0. The van der Waals surface area contributed by atoms with Gasteiger partial charge in [-0.25, -0.2) is 4.98 Å². The minimum absolute atomic E-state index is 0.482. The monoisotopic (exact) mass is 199 g/mol. The molecule has 2 heteroatoms. The number of hydrogen-bond acceptors (Lipinski definition) is 2. The highest BCUT2D eigenvalue weighted by atomic mass is 16.1. The highest BCUT2D eigenvalue weighted by molar-refractivity contribution is 5.83. The van der Waals surface area contributed by atoms with E-state index in [1.54, 1.807) is 6.07 Å². The van der Waals surface area contributed by atoms with Crippen LogP contribution in [0, 0.1) is 0 Å². The SMILES string of the molecule is CC(C)c1ccc2ccc(C=O)nc2c1. The van der Waals surface area contributed by atoms with Crippen molar-refractivity contribution in [2.24, 2.45) is 0 Å². The maximum atomic E-state index is 10.6. The average Bonchev–Trinajstić information content (AvgIpc) is 2.27. The fourth-order valence-corrected chi connectivity index (χ4v) is 1.57. The first kappa shape index (κ1) is 9.84. The van der Waals surface area contributed by atoms with Gasteiger partial charge in [-0.05, 0) is 23.6 Å². The molecule has 0 amide bonds. The van der Waals surface area contributed by atoms with Gasteiger partial charge in [-0.3, -0.25) is 4.79 Å². The van der Waals surface area contributed by atoms with E-state index >= 15 is 0 Å². The quantitative estimate of drug-likeness (QED) is 0.695. The van der Waals surface area contributed by atoms with Crippen LogP contribution in [0.25, 0.3) is 10.9 Å². The third kappa shape index (κ3) is 1.89. The van der Waals surface area contributed by atoms with Gasteiger partial charge in [0.1, 0.15) is 5.69 Å². The van der Waals surface area contributed by atoms with Crippen LogP contribution in [0.1, 0.15) is 35.8 Å². The van der Waals surface area contributed by atoms with Crippen molar-refractivity contribution < 1.29 is 4.79 Å². The Bertz CT molecular complexity index is 503. The van der Waals surface area contributed by atoms with Crippen LogP contribution in [-0.4, -0.2) is 11.3 Å². The number of rotatable bonds is 2. The molecule has 0 saturated heterocycles. The van der Waals surface area contributed by atoms with Crippen molar-refractivity contribution in [1.29, 1.82) is 0 Å². The van der Waals surface area contributed by atoms with Crippen LogP contribution in [0.2, 0.25) is 0 Å². The van der Waals surface area contributed by atoms with E-state index < -0.39 is 0 Å². The second-order valence-electron chi connectivity index (χ2n) is 3.96. The number of benzene rings is 1. The van der Waals surface area contributed by atoms with E-state index in [0.717, 1.165) is 17.2 Å². The van der Waals surface area contributed by atoms with Gasteiger partial charge in [0.05, 0.1) is 5.52 Å². The van der Waals surface area contributed by atoms with E-state index in [4.69, 9.17) is 0 Å². The maximum absolute atomic E-state index is 10.6. The number of carbonyl (C=O) groups excluding carboxylic acids is 1. The Hall–Kier alpha value is -1.70. The fourth-order valence-electron chi connectivity index (χ4n) is 1.57. The molecule has 2 rings (SSSR count). The van der Waals surface area contributed by atoms with Gasteiger partial charge in [-0.2, -0.15) is 0 Å². The molecule has 0 aliphatic carbocycles. The zero-order valence-corrected chi connectivity index (χ0v) is 8.90. The minimum Gasteiger partial charge on any atom is -0.296 e. The largest absolute Gasteiger partial charge is 0.296 e. The molecule has 2 nitrogen and oxygen atoms in total. The second kappa shape index (κ2) is 3.81. The number of hydrogen-bond donors (Lipinski definition) is 0. The van der Waals surface area contributed by atoms with Crippen molar-refractivity contribution in [3.05, 3.63) is 41.6 Å². The van der Waals surface area contributed by atoms with Gasteiger partial charge < -0.3 is 0 Å². The van der Waals surface area contributed by atoms with Gasteiger partial charge >= 0.3 is 0 Å². The van der Waals surface area contributed by atoms with Gasteiger partial charge in [0.15, 0.2) is 6.29 Å². The Balaban J connectivity index is 2.62. The molecule has 0 fully saturated rings. The van der Waals surface area contributed by atoms with Crippen molar-refractivity contribution >= 4 is 17.2 Å². The molecule has 1 aromatic carbocycles. The number of aldehydes is 1. The van der Waals surface area contributed by atoms with E-state index in [2.05, 4.69) is 24.9 Å². The van der Waals surface area contributed by atoms with Crippen molar-refractivity contribution in [3.8, 4) is 0 Å². The summed E-state index contributed by atoms with van der Waals surface area (Å²) in [6, 6.07) is 9.87. The normalized spacial score (nSPS) is 10.9. The first-order valence-electron chi connectivity index (χ1n) is 5.06. The lowest BCUT2D eigenvalue weighted by molar-refractivity contribution is 0.111. The number of carbonyl (C=O) groups is 1. The number of aromatic nitrogens is 1. The lowest BCUT2D eigenvalue weighted by Crippen LogP contribution is -1.91. The molecule has 0 spiro atoms. The zero-order valence-electron chi connectivity index (χ0n) is 8.90. The van der Waals surface area contributed by atoms with Gasteiger partial charge in [0, 0.05) is 5.39 Å². The molecule has 0 saturated carbocycles. The lowest BCUT2D eigenvalue weighted by Gasteiger charge is -2.06. The maximum Gasteiger partial charge on any atom is 0.168 e. The lowest BCUT2D eigenvalue weighted by atomic mass is 10.0. The summed E-state index contributed by atoms with van der Waals surface area (Å²) in [6.45, 7) is 4.29. The molecule has 0 unspecified atom stereocenters. The molecular formula is C13H13NO. The number of fused-ring (bicyclic) bond motifs is 1. The predicted molar refractivity (Wildman–Crippen MR) is 61.2 cm³/mol. The molecule has 0 radical (unpaired) electrons. The standard InChI is InChI=1S/C13H13NO/c1-9(2)11-4-3-10-5-6-12(8-15)14-13(10)7-11/h3-9H,1-2H3. The number of nitrogens with zero attached hydrogens (tertiary/aromatic N) is 1. The van der Waals surface area contributed by atoms with Crippen LogP contribution in [0.3, 0.4) is 0 Å². The number of pyridine rings is 1. The molecule has 0 aliphatic rings. The van der Waals surface area contributed by atoms with Crippen molar-refractivity contribution in [2.75, 3.05) is 0 Å². The summed E-state index contributed by atoms with van der Waals surface area (Å²) in [5, 5.41) is 1.07. The van der Waals surface area contributed by atoms with E-state index in [0.29, 0.717) is 11.6 Å². The molecule has 0 bridgehead atoms. The van der Waals surface area contributed by atoms with E-state index in [1.807, 2.05) is 18.2 Å². The van der Waals surface area contributed by atoms with Gasteiger partial charge in [-0.15, -0.1) is 0 Å². The fraction of sp³-hybridized carbons (Fsp3) is 0.231. The average molecular weight is 199 g/mol. The minimum atomic E-state index is 0.482. The molecular weight excluding hydrogens is 186 g/mol. The van der Waals surface area contributed by atoms with Crippen molar-refractivity contribution in [3.63, 3.8) is 0 Å². The summed E-state index contributed by atoms with van der Waals surface area (Å²) in [5.41, 5.74) is 2.63. The van der Waals surface area contributed by atoms with E-state index in [9.17, 15) is 4.79 Å². The topological polar surface area (TPSA) is 30.0 Å². The third-order valence-electron chi connectivity index (χ3n) is 2.53. The van der Waals surface area contributed by atoms with E-state index in [1.165, 1.54) is 5.56 Å². The highest BCUT2D eigenvalue weighted by Crippen LogP contribution is 2.20. The van der Waals surface area contributed by atoms with Gasteiger partial charge in [0.25, 0.3) is 0 Å². The van der Waals surface area contributed by atoms with Crippen molar-refractivity contribution in [1.82, 2.24) is 4.98 Å². The summed E-state index contributed by atoms with van der Waals surface area (Å²) in [4.78, 5) is 14.9. The van der Waals surface area contributed by atoms with Gasteiger partial charge in [0.2, 0.25) is 0 Å². The molecule has 76 valence electrons. The summed E-state index contributed by atoms with van der Waals surface area (Å²) in [5.74, 6) is 0.482. The summed E-state index contributed by atoms with van der Waals surface area (Å²) in [6.07, 6.45) is 0.779. The zero-order chi connectivity index (χ0) is 10.8. The molecule has 0 N–H and O–H groups in total. The van der Waals surface area contributed by atoms with Gasteiger partial charge in [-0.1, -0.05) is 32.0 Å². The third-order valence-corrected chi connectivity index (χ3v) is 2.53. The Labute approximate surface area is 89.0 Å². The Kier molecular flexibility index (Phi) is 2.50. The smallest absolute Gasteiger partial charge is 0.168 e. The van der Waals surface area contributed by atoms with Crippen LogP contribution in [0.5, 0.6) is 0 Å².